The summed E-state index contributed by atoms with van der Waals surface area (Å²) in [5.41, 5.74) is 0. The SMILES string of the molecule is O=C(NCCC1CCCCO1)OCCO. The van der Waals surface area contributed by atoms with Crippen LogP contribution in [0.5, 0.6) is 0 Å². The van der Waals surface area contributed by atoms with Crippen LogP contribution in [-0.4, -0.2) is 43.7 Å². The zero-order chi connectivity index (χ0) is 10.9. The van der Waals surface area contributed by atoms with Crippen molar-refractivity contribution in [3.05, 3.63) is 0 Å². The van der Waals surface area contributed by atoms with Crippen molar-refractivity contribution in [3.8, 4) is 0 Å². The Kier molecular flexibility index (Phi) is 6.11. The third-order valence-corrected chi connectivity index (χ3v) is 2.33. The molecule has 0 aromatic heterocycles. The second kappa shape index (κ2) is 7.48. The summed E-state index contributed by atoms with van der Waals surface area (Å²) in [5, 5.41) is 11.0. The summed E-state index contributed by atoms with van der Waals surface area (Å²) < 4.78 is 10.1. The molecule has 0 aromatic carbocycles. The highest BCUT2D eigenvalue weighted by Crippen LogP contribution is 2.14. The summed E-state index contributed by atoms with van der Waals surface area (Å²) in [4.78, 5) is 11.0. The summed E-state index contributed by atoms with van der Waals surface area (Å²) in [5.74, 6) is 0. The largest absolute Gasteiger partial charge is 0.447 e. The van der Waals surface area contributed by atoms with Gasteiger partial charge in [-0.05, 0) is 25.7 Å². The molecule has 5 nitrogen and oxygen atoms in total. The molecule has 1 fully saturated rings. The van der Waals surface area contributed by atoms with Gasteiger partial charge in [-0.15, -0.1) is 0 Å². The van der Waals surface area contributed by atoms with Gasteiger partial charge in [0.2, 0.25) is 0 Å². The number of nitrogens with one attached hydrogen (secondary N) is 1. The van der Waals surface area contributed by atoms with Gasteiger partial charge >= 0.3 is 6.09 Å². The van der Waals surface area contributed by atoms with Crippen LogP contribution < -0.4 is 5.32 Å². The minimum Gasteiger partial charge on any atom is -0.447 e. The molecule has 1 heterocycles. The molecule has 0 spiro atoms. The van der Waals surface area contributed by atoms with Gasteiger partial charge in [0, 0.05) is 13.2 Å². The Hall–Kier alpha value is -0.810. The van der Waals surface area contributed by atoms with Crippen LogP contribution in [0.4, 0.5) is 4.79 Å². The van der Waals surface area contributed by atoms with Crippen molar-refractivity contribution in [1.29, 1.82) is 0 Å². The molecule has 1 aliphatic rings. The van der Waals surface area contributed by atoms with Crippen molar-refractivity contribution in [3.63, 3.8) is 0 Å². The predicted octanol–water partition coefficient (Wildman–Crippen LogP) is 0.664. The first-order valence-corrected chi connectivity index (χ1v) is 5.46. The van der Waals surface area contributed by atoms with Crippen molar-refractivity contribution in [1.82, 2.24) is 5.32 Å². The number of carbonyl (C=O) groups excluding carboxylic acids is 1. The first-order chi connectivity index (χ1) is 7.33. The van der Waals surface area contributed by atoms with Crippen LogP contribution in [0.2, 0.25) is 0 Å². The molecular formula is C10H19NO4. The molecule has 1 atom stereocenters. The van der Waals surface area contributed by atoms with Gasteiger partial charge < -0.3 is 19.9 Å². The first kappa shape index (κ1) is 12.3. The van der Waals surface area contributed by atoms with Gasteiger partial charge in [-0.3, -0.25) is 0 Å². The van der Waals surface area contributed by atoms with Crippen molar-refractivity contribution in [2.24, 2.45) is 0 Å². The molecule has 0 aliphatic carbocycles. The summed E-state index contributed by atoms with van der Waals surface area (Å²) >= 11 is 0. The molecule has 1 saturated heterocycles. The molecule has 0 saturated carbocycles. The average Bonchev–Trinajstić information content (AvgIpc) is 2.28. The Morgan fingerprint density at radius 1 is 1.53 bits per heavy atom. The quantitative estimate of drug-likeness (QED) is 0.710. The first-order valence-electron chi connectivity index (χ1n) is 5.46. The van der Waals surface area contributed by atoms with Crippen molar-refractivity contribution >= 4 is 6.09 Å². The Balaban J connectivity index is 1.97. The molecule has 1 amide bonds. The second-order valence-corrected chi connectivity index (χ2v) is 3.56. The molecule has 15 heavy (non-hydrogen) atoms. The topological polar surface area (TPSA) is 67.8 Å². The lowest BCUT2D eigenvalue weighted by molar-refractivity contribution is 0.0114. The van der Waals surface area contributed by atoms with E-state index >= 15 is 0 Å². The molecule has 1 rings (SSSR count). The summed E-state index contributed by atoms with van der Waals surface area (Å²) in [6.07, 6.45) is 4.06. The van der Waals surface area contributed by atoms with Gasteiger partial charge in [0.25, 0.3) is 0 Å². The fourth-order valence-corrected chi connectivity index (χ4v) is 1.56. The summed E-state index contributed by atoms with van der Waals surface area (Å²) in [6, 6.07) is 0. The van der Waals surface area contributed by atoms with Crippen LogP contribution in [0.25, 0.3) is 0 Å². The zero-order valence-electron chi connectivity index (χ0n) is 8.91. The van der Waals surface area contributed by atoms with E-state index in [2.05, 4.69) is 10.1 Å². The van der Waals surface area contributed by atoms with E-state index in [-0.39, 0.29) is 19.3 Å². The summed E-state index contributed by atoms with van der Waals surface area (Å²) in [6.45, 7) is 1.31. The maximum absolute atomic E-state index is 11.0. The van der Waals surface area contributed by atoms with Gasteiger partial charge in [-0.1, -0.05) is 0 Å². The zero-order valence-corrected chi connectivity index (χ0v) is 8.91. The average molecular weight is 217 g/mol. The lowest BCUT2D eigenvalue weighted by Gasteiger charge is -2.22. The fraction of sp³-hybridized carbons (Fsp3) is 0.900. The third kappa shape index (κ3) is 5.59. The van der Waals surface area contributed by atoms with E-state index < -0.39 is 6.09 Å². The number of aliphatic hydroxyl groups excluding tert-OH is 1. The van der Waals surface area contributed by atoms with Gasteiger partial charge in [-0.2, -0.15) is 0 Å². The molecular weight excluding hydrogens is 198 g/mol. The highest BCUT2D eigenvalue weighted by Gasteiger charge is 2.13. The van der Waals surface area contributed by atoms with Crippen molar-refractivity contribution in [2.75, 3.05) is 26.4 Å². The lowest BCUT2D eigenvalue weighted by atomic mass is 10.1. The number of hydrogen-bond acceptors (Lipinski definition) is 4. The third-order valence-electron chi connectivity index (χ3n) is 2.33. The minimum atomic E-state index is -0.472. The van der Waals surface area contributed by atoms with Crippen LogP contribution in [0.1, 0.15) is 25.7 Å². The molecule has 0 aromatic rings. The van der Waals surface area contributed by atoms with Gasteiger partial charge in [0.05, 0.1) is 12.7 Å². The van der Waals surface area contributed by atoms with Gasteiger partial charge in [0.1, 0.15) is 6.61 Å². The maximum Gasteiger partial charge on any atom is 0.407 e. The van der Waals surface area contributed by atoms with E-state index in [9.17, 15) is 4.79 Å². The lowest BCUT2D eigenvalue weighted by Crippen LogP contribution is -2.30. The fourth-order valence-electron chi connectivity index (χ4n) is 1.56. The molecule has 1 unspecified atom stereocenters. The Morgan fingerprint density at radius 3 is 3.07 bits per heavy atom. The number of aliphatic hydroxyl groups is 1. The van der Waals surface area contributed by atoms with Crippen molar-refractivity contribution in [2.45, 2.75) is 31.8 Å². The molecule has 1 aliphatic heterocycles. The van der Waals surface area contributed by atoms with Crippen LogP contribution in [0.3, 0.4) is 0 Å². The summed E-state index contributed by atoms with van der Waals surface area (Å²) in [7, 11) is 0. The highest BCUT2D eigenvalue weighted by molar-refractivity contribution is 5.66. The normalized spacial score (nSPS) is 21.0. The van der Waals surface area contributed by atoms with Crippen LogP contribution in [-0.2, 0) is 9.47 Å². The number of alkyl carbamates (subject to hydrolysis) is 1. The van der Waals surface area contributed by atoms with E-state index in [1.807, 2.05) is 0 Å². The highest BCUT2D eigenvalue weighted by atomic mass is 16.6. The van der Waals surface area contributed by atoms with Crippen molar-refractivity contribution < 1.29 is 19.4 Å². The van der Waals surface area contributed by atoms with Gasteiger partial charge in [-0.25, -0.2) is 4.79 Å². The Morgan fingerprint density at radius 2 is 2.40 bits per heavy atom. The maximum atomic E-state index is 11.0. The van der Waals surface area contributed by atoms with Crippen LogP contribution in [0, 0.1) is 0 Å². The number of amides is 1. The van der Waals surface area contributed by atoms with Crippen LogP contribution in [0.15, 0.2) is 0 Å². The smallest absolute Gasteiger partial charge is 0.407 e. The molecule has 2 N–H and O–H groups in total. The molecule has 88 valence electrons. The van der Waals surface area contributed by atoms with Crippen LogP contribution >= 0.6 is 0 Å². The minimum absolute atomic E-state index is 0.0474. The number of rotatable bonds is 5. The van der Waals surface area contributed by atoms with E-state index in [4.69, 9.17) is 9.84 Å². The van der Waals surface area contributed by atoms with E-state index in [1.165, 1.54) is 6.42 Å². The second-order valence-electron chi connectivity index (χ2n) is 3.56. The molecule has 0 radical (unpaired) electrons. The number of ether oxygens (including phenoxy) is 2. The Labute approximate surface area is 89.8 Å². The number of carbonyl (C=O) groups is 1. The predicted molar refractivity (Wildman–Crippen MR) is 54.6 cm³/mol. The molecule has 0 bridgehead atoms. The van der Waals surface area contributed by atoms with E-state index in [0.717, 1.165) is 25.9 Å². The monoisotopic (exact) mass is 217 g/mol. The standard InChI is InChI=1S/C10H19NO4/c12-6-8-15-10(13)11-5-4-9-3-1-2-7-14-9/h9,12H,1-8H2,(H,11,13). The van der Waals surface area contributed by atoms with E-state index in [0.29, 0.717) is 6.54 Å². The number of hydrogen-bond donors (Lipinski definition) is 2. The molecule has 5 heteroatoms. The van der Waals surface area contributed by atoms with Gasteiger partial charge in [0.15, 0.2) is 0 Å². The Bertz CT molecular complexity index is 180. The van der Waals surface area contributed by atoms with E-state index in [1.54, 1.807) is 0 Å².